The predicted octanol–water partition coefficient (Wildman–Crippen LogP) is 3.73. The van der Waals surface area contributed by atoms with Crippen LogP contribution in [0.3, 0.4) is 0 Å². The first kappa shape index (κ1) is 15.8. The quantitative estimate of drug-likeness (QED) is 0.367. The van der Waals surface area contributed by atoms with Gasteiger partial charge in [0.05, 0.1) is 15.5 Å². The van der Waals surface area contributed by atoms with Gasteiger partial charge in [0.15, 0.2) is 5.70 Å². The highest BCUT2D eigenvalue weighted by Gasteiger charge is 2.26. The summed E-state index contributed by atoms with van der Waals surface area (Å²) in [6.45, 7) is 0. The number of benzene rings is 2. The van der Waals surface area contributed by atoms with Crippen molar-refractivity contribution >= 4 is 35.2 Å². The number of aliphatic imine (C=N–C) groups is 1. The van der Waals surface area contributed by atoms with E-state index in [1.165, 1.54) is 42.5 Å². The number of carbonyl (C=O) groups excluding carboxylic acids is 1. The van der Waals surface area contributed by atoms with Gasteiger partial charge in [0, 0.05) is 12.1 Å². The molecule has 0 saturated carbocycles. The number of nitro benzene ring substituents is 1. The summed E-state index contributed by atoms with van der Waals surface area (Å²) >= 11 is 5.99. The molecule has 0 fully saturated rings. The lowest BCUT2D eigenvalue weighted by molar-refractivity contribution is -0.384. The van der Waals surface area contributed by atoms with E-state index in [-0.39, 0.29) is 27.9 Å². The van der Waals surface area contributed by atoms with Crippen LogP contribution in [0.25, 0.3) is 6.08 Å². The Kier molecular flexibility index (Phi) is 4.09. The first-order valence-electron chi connectivity index (χ1n) is 6.66. The summed E-state index contributed by atoms with van der Waals surface area (Å²) in [6.07, 6.45) is 1.44. The maximum Gasteiger partial charge on any atom is 0.363 e. The van der Waals surface area contributed by atoms with E-state index in [1.54, 1.807) is 0 Å². The third-order valence-electron chi connectivity index (χ3n) is 3.19. The maximum absolute atomic E-state index is 12.9. The largest absolute Gasteiger partial charge is 0.402 e. The fourth-order valence-electron chi connectivity index (χ4n) is 2.03. The molecule has 0 bridgehead atoms. The second kappa shape index (κ2) is 6.21. The van der Waals surface area contributed by atoms with E-state index in [0.717, 1.165) is 6.07 Å². The van der Waals surface area contributed by atoms with Crippen molar-refractivity contribution in [3.63, 3.8) is 0 Å². The van der Waals surface area contributed by atoms with Crippen molar-refractivity contribution in [1.82, 2.24) is 0 Å². The number of esters is 1. The van der Waals surface area contributed by atoms with E-state index in [9.17, 15) is 19.3 Å². The Morgan fingerprint density at radius 2 is 1.92 bits per heavy atom. The van der Waals surface area contributed by atoms with Crippen LogP contribution in [-0.2, 0) is 9.53 Å². The van der Waals surface area contributed by atoms with Gasteiger partial charge in [-0.3, -0.25) is 10.1 Å². The van der Waals surface area contributed by atoms with Crippen LogP contribution in [0.4, 0.5) is 10.1 Å². The molecule has 1 aliphatic rings. The number of nitro groups is 1. The van der Waals surface area contributed by atoms with E-state index in [2.05, 4.69) is 4.99 Å². The third-order valence-corrected chi connectivity index (χ3v) is 3.50. The van der Waals surface area contributed by atoms with Crippen LogP contribution in [0.5, 0.6) is 0 Å². The summed E-state index contributed by atoms with van der Waals surface area (Å²) < 4.78 is 17.9. The number of cyclic esters (lactones) is 1. The molecule has 0 radical (unpaired) electrons. The molecule has 6 nitrogen and oxygen atoms in total. The predicted molar refractivity (Wildman–Crippen MR) is 85.1 cm³/mol. The molecule has 0 aromatic heterocycles. The van der Waals surface area contributed by atoms with Crippen LogP contribution in [-0.4, -0.2) is 16.8 Å². The van der Waals surface area contributed by atoms with Crippen LogP contribution in [0, 0.1) is 15.9 Å². The first-order chi connectivity index (χ1) is 11.4. The average molecular weight is 347 g/mol. The summed E-state index contributed by atoms with van der Waals surface area (Å²) in [5.41, 5.74) is 0.669. The molecular formula is C16H8ClFN2O4. The monoisotopic (exact) mass is 346 g/mol. The van der Waals surface area contributed by atoms with Gasteiger partial charge in [-0.15, -0.1) is 0 Å². The van der Waals surface area contributed by atoms with Crippen LogP contribution in [0.15, 0.2) is 53.2 Å². The van der Waals surface area contributed by atoms with Crippen LogP contribution in [0.1, 0.15) is 11.1 Å². The molecular weight excluding hydrogens is 339 g/mol. The molecule has 0 spiro atoms. The number of non-ortho nitro benzene ring substituents is 1. The van der Waals surface area contributed by atoms with Gasteiger partial charge in [-0.05, 0) is 29.8 Å². The summed E-state index contributed by atoms with van der Waals surface area (Å²) in [4.78, 5) is 26.1. The molecule has 8 heteroatoms. The molecule has 0 atom stereocenters. The molecule has 3 rings (SSSR count). The van der Waals surface area contributed by atoms with Gasteiger partial charge < -0.3 is 4.74 Å². The lowest BCUT2D eigenvalue weighted by atomic mass is 10.2. The van der Waals surface area contributed by atoms with E-state index < -0.39 is 16.7 Å². The molecule has 0 aliphatic carbocycles. The van der Waals surface area contributed by atoms with Gasteiger partial charge in [0.2, 0.25) is 5.90 Å². The highest BCUT2D eigenvalue weighted by Crippen LogP contribution is 2.27. The number of halogens is 2. The van der Waals surface area contributed by atoms with E-state index in [1.807, 2.05) is 0 Å². The molecule has 1 aliphatic heterocycles. The van der Waals surface area contributed by atoms with E-state index >= 15 is 0 Å². The zero-order valence-electron chi connectivity index (χ0n) is 11.9. The van der Waals surface area contributed by atoms with Gasteiger partial charge in [-0.2, -0.15) is 0 Å². The van der Waals surface area contributed by atoms with Gasteiger partial charge in [-0.1, -0.05) is 23.7 Å². The average Bonchev–Trinajstić information content (AvgIpc) is 2.90. The Morgan fingerprint density at radius 3 is 2.54 bits per heavy atom. The molecule has 1 heterocycles. The zero-order valence-corrected chi connectivity index (χ0v) is 12.7. The summed E-state index contributed by atoms with van der Waals surface area (Å²) in [5, 5.41) is 10.8. The highest BCUT2D eigenvalue weighted by atomic mass is 35.5. The maximum atomic E-state index is 12.9. The molecule has 0 N–H and O–H groups in total. The molecule has 0 unspecified atom stereocenters. The summed E-state index contributed by atoms with van der Waals surface area (Å²) in [7, 11) is 0. The minimum absolute atomic E-state index is 0.0195. The summed E-state index contributed by atoms with van der Waals surface area (Å²) in [6, 6.07) is 9.22. The third kappa shape index (κ3) is 3.16. The van der Waals surface area contributed by atoms with Crippen molar-refractivity contribution in [2.45, 2.75) is 0 Å². The number of hydrogen-bond acceptors (Lipinski definition) is 5. The highest BCUT2D eigenvalue weighted by molar-refractivity contribution is 6.34. The van der Waals surface area contributed by atoms with Crippen molar-refractivity contribution in [3.05, 3.63) is 80.2 Å². The Hall–Kier alpha value is -3.06. The van der Waals surface area contributed by atoms with E-state index in [4.69, 9.17) is 16.3 Å². The molecule has 0 saturated heterocycles. The minimum Gasteiger partial charge on any atom is -0.402 e. The Bertz CT molecular complexity index is 907. The Balaban J connectivity index is 1.94. The van der Waals surface area contributed by atoms with Gasteiger partial charge >= 0.3 is 5.97 Å². The number of ether oxygens (including phenoxy) is 1. The number of carbonyl (C=O) groups is 1. The second-order valence-electron chi connectivity index (χ2n) is 4.81. The van der Waals surface area contributed by atoms with Crippen LogP contribution >= 0.6 is 11.6 Å². The van der Waals surface area contributed by atoms with Crippen molar-refractivity contribution in [2.24, 2.45) is 4.99 Å². The fraction of sp³-hybridized carbons (Fsp3) is 0. The first-order valence-corrected chi connectivity index (χ1v) is 7.04. The van der Waals surface area contributed by atoms with Gasteiger partial charge in [0.1, 0.15) is 5.82 Å². The minimum atomic E-state index is -0.691. The molecule has 24 heavy (non-hydrogen) atoms. The zero-order chi connectivity index (χ0) is 17.3. The normalized spacial score (nSPS) is 15.3. The standard InChI is InChI=1S/C16H8ClFN2O4/c17-13-8-11(20(22)23)5-6-12(13)15-19-14(16(21)24-15)7-9-1-3-10(18)4-2-9/h1-8H/b14-7+. The molecule has 2 aromatic carbocycles. The van der Waals surface area contributed by atoms with Crippen molar-refractivity contribution < 1.29 is 18.8 Å². The number of nitrogens with zero attached hydrogens (tertiary/aromatic N) is 2. The molecule has 120 valence electrons. The summed E-state index contributed by atoms with van der Waals surface area (Å²) in [5.74, 6) is -1.13. The topological polar surface area (TPSA) is 81.8 Å². The second-order valence-corrected chi connectivity index (χ2v) is 5.22. The molecule has 2 aromatic rings. The van der Waals surface area contributed by atoms with Crippen LogP contribution in [0.2, 0.25) is 5.02 Å². The van der Waals surface area contributed by atoms with Crippen molar-refractivity contribution in [1.29, 1.82) is 0 Å². The number of hydrogen-bond donors (Lipinski definition) is 0. The fourth-order valence-corrected chi connectivity index (χ4v) is 2.29. The van der Waals surface area contributed by atoms with E-state index in [0.29, 0.717) is 5.56 Å². The number of rotatable bonds is 3. The smallest absolute Gasteiger partial charge is 0.363 e. The van der Waals surface area contributed by atoms with Gasteiger partial charge in [-0.25, -0.2) is 14.2 Å². The Morgan fingerprint density at radius 1 is 1.21 bits per heavy atom. The van der Waals surface area contributed by atoms with Crippen molar-refractivity contribution in [2.75, 3.05) is 0 Å². The van der Waals surface area contributed by atoms with Crippen molar-refractivity contribution in [3.8, 4) is 0 Å². The SMILES string of the molecule is O=C1OC(c2ccc([N+](=O)[O-])cc2Cl)=N/C1=C/c1ccc(F)cc1. The molecule has 0 amide bonds. The lowest BCUT2D eigenvalue weighted by Crippen LogP contribution is -2.06. The lowest BCUT2D eigenvalue weighted by Gasteiger charge is -2.02. The van der Waals surface area contributed by atoms with Gasteiger partial charge in [0.25, 0.3) is 5.69 Å². The van der Waals surface area contributed by atoms with Crippen LogP contribution < -0.4 is 0 Å². The Labute approximate surface area is 140 Å².